The van der Waals surface area contributed by atoms with Crippen molar-refractivity contribution in [2.45, 2.75) is 39.2 Å². The first-order valence-corrected chi connectivity index (χ1v) is 9.18. The Morgan fingerprint density at radius 2 is 1.83 bits per heavy atom. The minimum absolute atomic E-state index is 0.167. The van der Waals surface area contributed by atoms with E-state index in [1.807, 2.05) is 0 Å². The molecule has 3 rings (SSSR count). The minimum atomic E-state index is -0.787. The van der Waals surface area contributed by atoms with Crippen LogP contribution in [0.1, 0.15) is 58.2 Å². The van der Waals surface area contributed by atoms with Gasteiger partial charge in [0.05, 0.1) is 24.8 Å². The van der Waals surface area contributed by atoms with Crippen LogP contribution in [0.15, 0.2) is 24.3 Å². The summed E-state index contributed by atoms with van der Waals surface area (Å²) in [6.07, 6.45) is 0.531. The highest BCUT2D eigenvalue weighted by Gasteiger charge is 2.27. The van der Waals surface area contributed by atoms with Crippen molar-refractivity contribution in [3.05, 3.63) is 63.7 Å². The highest BCUT2D eigenvalue weighted by Crippen LogP contribution is 2.35. The van der Waals surface area contributed by atoms with Crippen molar-refractivity contribution in [3.8, 4) is 5.75 Å². The lowest BCUT2D eigenvalue weighted by molar-refractivity contribution is 0.00645. The number of hydrogen-bond acceptors (Lipinski definition) is 5. The molecule has 0 unspecified atom stereocenters. The standard InChI is InChI=1S/C22H22F2O5/c1-22(2,3)29-21(26)14-6-5-12(10-17(14)23)9-13-11-16(20(25)27-4)18(24)15-7-8-28-19(13)15/h5-6,10-11H,7-9H2,1-4H3. The quantitative estimate of drug-likeness (QED) is 0.714. The van der Waals surface area contributed by atoms with E-state index in [9.17, 15) is 18.4 Å². The van der Waals surface area contributed by atoms with E-state index in [1.165, 1.54) is 25.3 Å². The van der Waals surface area contributed by atoms with Crippen LogP contribution in [0.5, 0.6) is 5.75 Å². The predicted octanol–water partition coefficient (Wildman–Crippen LogP) is 4.23. The Labute approximate surface area is 167 Å². The van der Waals surface area contributed by atoms with Crippen molar-refractivity contribution in [2.75, 3.05) is 13.7 Å². The second-order valence-electron chi connectivity index (χ2n) is 7.79. The van der Waals surface area contributed by atoms with Gasteiger partial charge in [-0.25, -0.2) is 18.4 Å². The summed E-state index contributed by atoms with van der Waals surface area (Å²) in [5, 5.41) is 0. The summed E-state index contributed by atoms with van der Waals surface area (Å²) in [7, 11) is 1.18. The second kappa shape index (κ2) is 7.81. The van der Waals surface area contributed by atoms with Gasteiger partial charge < -0.3 is 14.2 Å². The molecule has 2 aromatic carbocycles. The molecule has 0 bridgehead atoms. The number of benzene rings is 2. The molecule has 2 aromatic rings. The summed E-state index contributed by atoms with van der Waals surface area (Å²) in [6, 6.07) is 5.53. The van der Waals surface area contributed by atoms with Gasteiger partial charge in [0, 0.05) is 18.4 Å². The first kappa shape index (κ1) is 20.8. The van der Waals surface area contributed by atoms with Crippen molar-refractivity contribution in [3.63, 3.8) is 0 Å². The Kier molecular flexibility index (Phi) is 5.59. The lowest BCUT2D eigenvalue weighted by Crippen LogP contribution is -2.24. The molecule has 0 saturated carbocycles. The summed E-state index contributed by atoms with van der Waals surface area (Å²) in [4.78, 5) is 24.0. The molecule has 0 radical (unpaired) electrons. The zero-order chi connectivity index (χ0) is 21.3. The van der Waals surface area contributed by atoms with Crippen molar-refractivity contribution >= 4 is 11.9 Å². The van der Waals surface area contributed by atoms with E-state index >= 15 is 0 Å². The molecule has 0 fully saturated rings. The monoisotopic (exact) mass is 404 g/mol. The average molecular weight is 404 g/mol. The van der Waals surface area contributed by atoms with Gasteiger partial charge in [-0.2, -0.15) is 0 Å². The van der Waals surface area contributed by atoms with Crippen LogP contribution in [-0.2, 0) is 22.3 Å². The summed E-state index contributed by atoms with van der Waals surface area (Å²) in [5.41, 5.74) is 0.308. The van der Waals surface area contributed by atoms with Gasteiger partial charge in [-0.3, -0.25) is 0 Å². The van der Waals surface area contributed by atoms with E-state index in [-0.39, 0.29) is 17.5 Å². The van der Waals surface area contributed by atoms with Crippen molar-refractivity contribution in [1.29, 1.82) is 0 Å². The number of hydrogen-bond donors (Lipinski definition) is 0. The minimum Gasteiger partial charge on any atom is -0.493 e. The van der Waals surface area contributed by atoms with Gasteiger partial charge in [0.15, 0.2) is 0 Å². The molecule has 0 saturated heterocycles. The largest absolute Gasteiger partial charge is 0.493 e. The molecule has 5 nitrogen and oxygen atoms in total. The summed E-state index contributed by atoms with van der Waals surface area (Å²) in [5.74, 6) is -2.54. The molecular weight excluding hydrogens is 382 g/mol. The highest BCUT2D eigenvalue weighted by molar-refractivity contribution is 5.91. The van der Waals surface area contributed by atoms with Crippen molar-refractivity contribution in [1.82, 2.24) is 0 Å². The molecule has 0 aromatic heterocycles. The maximum atomic E-state index is 14.6. The van der Waals surface area contributed by atoms with Crippen LogP contribution in [0.2, 0.25) is 0 Å². The Morgan fingerprint density at radius 1 is 1.10 bits per heavy atom. The lowest BCUT2D eigenvalue weighted by atomic mass is 9.96. The molecule has 29 heavy (non-hydrogen) atoms. The number of esters is 2. The summed E-state index contributed by atoms with van der Waals surface area (Å²) in [6.45, 7) is 5.40. The van der Waals surface area contributed by atoms with Gasteiger partial charge in [-0.15, -0.1) is 0 Å². The zero-order valence-electron chi connectivity index (χ0n) is 16.7. The van der Waals surface area contributed by atoms with Crippen LogP contribution in [0.3, 0.4) is 0 Å². The third-order valence-corrected chi connectivity index (χ3v) is 4.44. The third kappa shape index (κ3) is 4.39. The van der Waals surface area contributed by atoms with Gasteiger partial charge in [0.1, 0.15) is 23.0 Å². The lowest BCUT2D eigenvalue weighted by Gasteiger charge is -2.19. The molecule has 0 spiro atoms. The predicted molar refractivity (Wildman–Crippen MR) is 101 cm³/mol. The number of rotatable bonds is 4. The zero-order valence-corrected chi connectivity index (χ0v) is 16.7. The Hall–Kier alpha value is -2.96. The number of methoxy groups -OCH3 is 1. The number of fused-ring (bicyclic) bond motifs is 1. The first-order chi connectivity index (χ1) is 13.6. The van der Waals surface area contributed by atoms with Gasteiger partial charge in [-0.1, -0.05) is 6.07 Å². The van der Waals surface area contributed by atoms with E-state index in [4.69, 9.17) is 9.47 Å². The molecule has 0 amide bonds. The van der Waals surface area contributed by atoms with E-state index in [0.29, 0.717) is 35.5 Å². The van der Waals surface area contributed by atoms with Crippen LogP contribution in [0.4, 0.5) is 8.78 Å². The van der Waals surface area contributed by atoms with Crippen molar-refractivity contribution < 1.29 is 32.6 Å². The van der Waals surface area contributed by atoms with Gasteiger partial charge >= 0.3 is 11.9 Å². The van der Waals surface area contributed by atoms with E-state index in [0.717, 1.165) is 0 Å². The SMILES string of the molecule is COC(=O)c1cc(Cc2ccc(C(=O)OC(C)(C)C)c(F)c2)c2c(c1F)CCO2. The molecule has 1 heterocycles. The van der Waals surface area contributed by atoms with Crippen LogP contribution in [-0.4, -0.2) is 31.3 Å². The molecule has 154 valence electrons. The topological polar surface area (TPSA) is 61.8 Å². The maximum Gasteiger partial charge on any atom is 0.341 e. The highest BCUT2D eigenvalue weighted by atomic mass is 19.1. The molecule has 1 aliphatic heterocycles. The van der Waals surface area contributed by atoms with Crippen molar-refractivity contribution in [2.24, 2.45) is 0 Å². The molecule has 0 atom stereocenters. The Bertz CT molecular complexity index is 976. The fourth-order valence-corrected chi connectivity index (χ4v) is 3.19. The summed E-state index contributed by atoms with van der Waals surface area (Å²) < 4.78 is 44.5. The van der Waals surface area contributed by atoms with Gasteiger partial charge in [-0.05, 0) is 50.1 Å². The van der Waals surface area contributed by atoms with Gasteiger partial charge in [0.25, 0.3) is 0 Å². The van der Waals surface area contributed by atoms with E-state index in [1.54, 1.807) is 26.8 Å². The molecule has 7 heteroatoms. The fourth-order valence-electron chi connectivity index (χ4n) is 3.19. The number of halogens is 2. The Balaban J connectivity index is 1.93. The molecule has 0 N–H and O–H groups in total. The number of ether oxygens (including phenoxy) is 3. The van der Waals surface area contributed by atoms with Crippen LogP contribution >= 0.6 is 0 Å². The van der Waals surface area contributed by atoms with Crippen LogP contribution < -0.4 is 4.74 Å². The second-order valence-corrected chi connectivity index (χ2v) is 7.79. The maximum absolute atomic E-state index is 14.6. The number of carbonyl (C=O) groups is 2. The Morgan fingerprint density at radius 3 is 2.45 bits per heavy atom. The molecular formula is C22H22F2O5. The normalized spacial score (nSPS) is 12.9. The fraction of sp³-hybridized carbons (Fsp3) is 0.364. The molecule has 0 aliphatic carbocycles. The van der Waals surface area contributed by atoms with Crippen LogP contribution in [0.25, 0.3) is 0 Å². The summed E-state index contributed by atoms with van der Waals surface area (Å²) >= 11 is 0. The van der Waals surface area contributed by atoms with Crippen LogP contribution in [0, 0.1) is 11.6 Å². The first-order valence-electron chi connectivity index (χ1n) is 9.18. The van der Waals surface area contributed by atoms with Gasteiger partial charge in [0.2, 0.25) is 0 Å². The average Bonchev–Trinajstić information content (AvgIpc) is 3.12. The van der Waals surface area contributed by atoms with E-state index < -0.39 is 29.2 Å². The number of carbonyl (C=O) groups excluding carboxylic acids is 2. The smallest absolute Gasteiger partial charge is 0.341 e. The third-order valence-electron chi connectivity index (χ3n) is 4.44. The molecule has 1 aliphatic rings. The van der Waals surface area contributed by atoms with E-state index in [2.05, 4.69) is 4.74 Å².